The maximum Gasteiger partial charge on any atom is 0.420 e. The third-order valence-corrected chi connectivity index (χ3v) is 9.65. The molecule has 1 aromatic heterocycles. The van der Waals surface area contributed by atoms with Crippen molar-refractivity contribution in [3.63, 3.8) is 0 Å². The van der Waals surface area contributed by atoms with Gasteiger partial charge in [-0.3, -0.25) is 14.4 Å². The maximum absolute atomic E-state index is 14.1. The molecular weight excluding hydrogens is 606 g/mol. The number of rotatable bonds is 7. The summed E-state index contributed by atoms with van der Waals surface area (Å²) in [5.74, 6) is -4.15. The summed E-state index contributed by atoms with van der Waals surface area (Å²) in [6.45, 7) is 16.0. The van der Waals surface area contributed by atoms with Gasteiger partial charge in [0, 0.05) is 43.8 Å². The number of esters is 1. The summed E-state index contributed by atoms with van der Waals surface area (Å²) in [5, 5.41) is 0. The largest absolute Gasteiger partial charge is 0.457 e. The second-order valence-electron chi connectivity index (χ2n) is 13.5. The minimum atomic E-state index is -1.74. The molecule has 12 heteroatoms. The number of hydrogen-bond acceptors (Lipinski definition) is 11. The van der Waals surface area contributed by atoms with Gasteiger partial charge >= 0.3 is 12.1 Å². The number of carbonyl (C=O) groups is 4. The second kappa shape index (κ2) is 15.8. The molecule has 0 spiro atoms. The van der Waals surface area contributed by atoms with Crippen molar-refractivity contribution >= 4 is 23.6 Å². The first kappa shape index (κ1) is 38.3. The molecular formula is C35H53N3O9. The van der Waals surface area contributed by atoms with Crippen molar-refractivity contribution < 1.29 is 42.9 Å². The van der Waals surface area contributed by atoms with Gasteiger partial charge in [0.1, 0.15) is 18.3 Å². The van der Waals surface area contributed by atoms with E-state index in [-0.39, 0.29) is 36.3 Å². The lowest BCUT2D eigenvalue weighted by molar-refractivity contribution is -0.262. The van der Waals surface area contributed by atoms with Gasteiger partial charge in [-0.25, -0.2) is 14.3 Å². The van der Waals surface area contributed by atoms with E-state index in [1.165, 1.54) is 44.9 Å². The lowest BCUT2D eigenvalue weighted by Gasteiger charge is -2.45. The number of carbonyl (C=O) groups excluding carboxylic acids is 4. The van der Waals surface area contributed by atoms with Gasteiger partial charge < -0.3 is 28.6 Å². The van der Waals surface area contributed by atoms with Gasteiger partial charge in [0.15, 0.2) is 23.5 Å². The van der Waals surface area contributed by atoms with Crippen LogP contribution in [0.25, 0.3) is 0 Å². The summed E-state index contributed by atoms with van der Waals surface area (Å²) >= 11 is 0. The van der Waals surface area contributed by atoms with Crippen molar-refractivity contribution in [1.82, 2.24) is 14.5 Å². The number of aromatic nitrogens is 2. The van der Waals surface area contributed by atoms with Gasteiger partial charge in [0.05, 0.1) is 17.8 Å². The predicted octanol–water partition coefficient (Wildman–Crippen LogP) is 4.76. The minimum Gasteiger partial charge on any atom is -0.457 e. The van der Waals surface area contributed by atoms with E-state index in [1.54, 1.807) is 27.7 Å². The molecule has 1 saturated heterocycles. The van der Waals surface area contributed by atoms with Crippen LogP contribution in [0.5, 0.6) is 0 Å². The SMILES string of the molecule is C=C[C@]1(OC(=O)n2ccnc2)/C=C(\C)C(=O)[C@H](C)C[C@](C)(OC)[C@H](OC2CC(N(C)C)CC(C)O2)C(C)C(=O)C(C)C(=O)OC1CC. The molecule has 1 aromatic rings. The summed E-state index contributed by atoms with van der Waals surface area (Å²) in [6, 6.07) is 0.197. The zero-order chi connectivity index (χ0) is 35.3. The molecule has 47 heavy (non-hydrogen) atoms. The number of methoxy groups -OCH3 is 1. The number of nitrogens with zero attached hydrogens (tertiary/aromatic N) is 3. The highest BCUT2D eigenvalue weighted by Crippen LogP contribution is 2.38. The fraction of sp³-hybridized carbons (Fsp3) is 0.686. The average Bonchev–Trinajstić information content (AvgIpc) is 3.59. The Morgan fingerprint density at radius 1 is 1.19 bits per heavy atom. The van der Waals surface area contributed by atoms with Crippen molar-refractivity contribution in [3.8, 4) is 0 Å². The van der Waals surface area contributed by atoms with E-state index >= 15 is 0 Å². The lowest BCUT2D eigenvalue weighted by Crippen LogP contribution is -2.55. The topological polar surface area (TPSA) is 135 Å². The molecule has 3 rings (SSSR count). The first-order valence-corrected chi connectivity index (χ1v) is 16.4. The van der Waals surface area contributed by atoms with E-state index in [0.717, 1.165) is 11.0 Å². The van der Waals surface area contributed by atoms with Gasteiger partial charge in [-0.2, -0.15) is 0 Å². The molecule has 2 aliphatic heterocycles. The number of Topliss-reactive ketones (excluding diaryl/α,β-unsaturated/α-hetero) is 2. The van der Waals surface area contributed by atoms with Crippen LogP contribution < -0.4 is 0 Å². The fourth-order valence-corrected chi connectivity index (χ4v) is 6.74. The van der Waals surface area contributed by atoms with Crippen LogP contribution in [0.15, 0.2) is 43.0 Å². The monoisotopic (exact) mass is 659 g/mol. The number of imidazole rings is 1. The van der Waals surface area contributed by atoms with Crippen LogP contribution >= 0.6 is 0 Å². The van der Waals surface area contributed by atoms with Crippen LogP contribution in [-0.2, 0) is 38.1 Å². The number of allylic oxidation sites excluding steroid dienone is 1. The summed E-state index contributed by atoms with van der Waals surface area (Å²) in [4.78, 5) is 61.0. The standard InChI is InChI=1S/C35H53N3O9/c1-12-27-35(13-2,47-33(42)38-15-14-36-20-38)19-22(4)29(39)21(3)18-34(8,43-11)31(24(6)30(40)25(7)32(41)45-27)46-28-17-26(37(9)10)16-23(5)44-28/h13-15,19-21,23-28,31H,2,12,16-18H2,1,3-11H3/b22-19+/t21-,23?,24?,25?,26?,27?,28?,31-,34+,35+/m1/s1. The Balaban J connectivity index is 2.12. The molecule has 0 saturated carbocycles. The highest BCUT2D eigenvalue weighted by molar-refractivity contribution is 6.00. The van der Waals surface area contributed by atoms with Crippen LogP contribution in [0.1, 0.15) is 74.1 Å². The third-order valence-electron chi connectivity index (χ3n) is 9.65. The van der Waals surface area contributed by atoms with Gasteiger partial charge in [-0.05, 0) is 78.8 Å². The summed E-state index contributed by atoms with van der Waals surface area (Å²) in [7, 11) is 5.53. The van der Waals surface area contributed by atoms with Gasteiger partial charge in [0.25, 0.3) is 0 Å². The number of ketones is 2. The van der Waals surface area contributed by atoms with Crippen molar-refractivity contribution in [2.24, 2.45) is 17.8 Å². The molecule has 1 fully saturated rings. The normalized spacial score (nSPS) is 37.4. The number of ether oxygens (including phenoxy) is 5. The molecule has 0 radical (unpaired) electrons. The van der Waals surface area contributed by atoms with E-state index in [4.69, 9.17) is 23.7 Å². The molecule has 6 unspecified atom stereocenters. The van der Waals surface area contributed by atoms with E-state index < -0.39 is 65.3 Å². The summed E-state index contributed by atoms with van der Waals surface area (Å²) in [6.07, 6.45) is 5.13. The zero-order valence-corrected chi connectivity index (χ0v) is 29.6. The van der Waals surface area contributed by atoms with Crippen LogP contribution in [0.3, 0.4) is 0 Å². The Hall–Kier alpha value is -3.19. The molecule has 3 heterocycles. The minimum absolute atomic E-state index is 0.0827. The van der Waals surface area contributed by atoms with E-state index in [2.05, 4.69) is 16.5 Å². The van der Waals surface area contributed by atoms with E-state index in [9.17, 15) is 19.2 Å². The first-order valence-electron chi connectivity index (χ1n) is 16.4. The highest BCUT2D eigenvalue weighted by Gasteiger charge is 2.49. The molecule has 0 aromatic carbocycles. The molecule has 12 nitrogen and oxygen atoms in total. The summed E-state index contributed by atoms with van der Waals surface area (Å²) < 4.78 is 31.9. The first-order chi connectivity index (χ1) is 22.0. The summed E-state index contributed by atoms with van der Waals surface area (Å²) in [5.41, 5.74) is -2.61. The van der Waals surface area contributed by atoms with Crippen molar-refractivity contribution in [3.05, 3.63) is 43.0 Å². The van der Waals surface area contributed by atoms with Gasteiger partial charge in [-0.1, -0.05) is 27.4 Å². The Kier molecular flexibility index (Phi) is 12.9. The predicted molar refractivity (Wildman–Crippen MR) is 174 cm³/mol. The Morgan fingerprint density at radius 2 is 1.87 bits per heavy atom. The van der Waals surface area contributed by atoms with E-state index in [0.29, 0.717) is 6.42 Å². The molecule has 0 aliphatic carbocycles. The molecule has 0 bridgehead atoms. The van der Waals surface area contributed by atoms with Gasteiger partial charge in [-0.15, -0.1) is 0 Å². The second-order valence-corrected chi connectivity index (χ2v) is 13.5. The van der Waals surface area contributed by atoms with Crippen LogP contribution in [0.4, 0.5) is 4.79 Å². The fourth-order valence-electron chi connectivity index (χ4n) is 6.74. The molecule has 0 amide bonds. The quantitative estimate of drug-likeness (QED) is 0.228. The smallest absolute Gasteiger partial charge is 0.420 e. The average molecular weight is 660 g/mol. The Morgan fingerprint density at radius 3 is 2.43 bits per heavy atom. The Bertz CT molecular complexity index is 1310. The molecule has 10 atom stereocenters. The third kappa shape index (κ3) is 8.65. The molecule has 262 valence electrons. The van der Waals surface area contributed by atoms with Gasteiger partial charge in [0.2, 0.25) is 0 Å². The van der Waals surface area contributed by atoms with Crippen molar-refractivity contribution in [2.45, 2.75) is 116 Å². The van der Waals surface area contributed by atoms with Crippen LogP contribution in [0, 0.1) is 17.8 Å². The molecule has 0 N–H and O–H groups in total. The molecule has 2 aliphatic rings. The number of cyclic esters (lactones) is 1. The lowest BCUT2D eigenvalue weighted by atomic mass is 9.77. The van der Waals surface area contributed by atoms with Crippen molar-refractivity contribution in [2.75, 3.05) is 21.2 Å². The zero-order valence-electron chi connectivity index (χ0n) is 29.6. The van der Waals surface area contributed by atoms with Crippen LogP contribution in [-0.4, -0.2) is 101 Å². The van der Waals surface area contributed by atoms with Crippen molar-refractivity contribution in [1.29, 1.82) is 0 Å². The van der Waals surface area contributed by atoms with E-state index in [1.807, 2.05) is 27.9 Å². The highest BCUT2D eigenvalue weighted by atomic mass is 16.7. The maximum atomic E-state index is 14.1. The van der Waals surface area contributed by atoms with Crippen LogP contribution in [0.2, 0.25) is 0 Å². The number of hydrogen-bond donors (Lipinski definition) is 0. The Labute approximate surface area is 278 Å².